The minimum atomic E-state index is -4.48. The van der Waals surface area contributed by atoms with Crippen molar-refractivity contribution in [2.45, 2.75) is 33.0 Å². The summed E-state index contributed by atoms with van der Waals surface area (Å²) in [5, 5.41) is 2.80. The van der Waals surface area contributed by atoms with Crippen molar-refractivity contribution in [3.63, 3.8) is 0 Å². The van der Waals surface area contributed by atoms with E-state index in [2.05, 4.69) is 10.3 Å². The molecule has 0 atom stereocenters. The maximum atomic E-state index is 13.1. The molecule has 1 heterocycles. The molecule has 0 fully saturated rings. The van der Waals surface area contributed by atoms with Crippen LogP contribution in [0.2, 0.25) is 5.02 Å². The van der Waals surface area contributed by atoms with E-state index in [0.29, 0.717) is 12.5 Å². The number of nitrogens with one attached hydrogen (secondary N) is 1. The average molecular weight is 318 g/mol. The molecule has 2 rings (SSSR count). The summed E-state index contributed by atoms with van der Waals surface area (Å²) in [7, 11) is 0. The predicted molar refractivity (Wildman–Crippen MR) is 77.0 cm³/mol. The number of rotatable bonds is 4. The Morgan fingerprint density at radius 2 is 2.05 bits per heavy atom. The van der Waals surface area contributed by atoms with Gasteiger partial charge in [0.15, 0.2) is 0 Å². The van der Waals surface area contributed by atoms with Crippen molar-refractivity contribution in [1.29, 1.82) is 0 Å². The third kappa shape index (κ3) is 3.69. The number of aryl methyl sites for hydroxylation is 2. The van der Waals surface area contributed by atoms with Crippen LogP contribution in [0.5, 0.6) is 0 Å². The second kappa shape index (κ2) is 5.97. The quantitative estimate of drug-likeness (QED) is 0.858. The maximum absolute atomic E-state index is 13.1. The summed E-state index contributed by atoms with van der Waals surface area (Å²) < 4.78 is 41.0. The fraction of sp³-hybridized carbons (Fsp3) is 0.357. The first-order chi connectivity index (χ1) is 9.81. The standard InChI is InChI=1S/C14H15ClF3N3/c1-3-6-21-8-9(2)19-13(21)20-12-5-4-10(15)7-11(12)14(16,17)18/h4-5,7-8H,3,6H2,1-2H3,(H,19,20). The second-order valence-electron chi connectivity index (χ2n) is 4.71. The van der Waals surface area contributed by atoms with Crippen molar-refractivity contribution in [3.8, 4) is 0 Å². The Hall–Kier alpha value is -1.69. The Morgan fingerprint density at radius 1 is 1.33 bits per heavy atom. The van der Waals surface area contributed by atoms with Gasteiger partial charge in [0.1, 0.15) is 0 Å². The van der Waals surface area contributed by atoms with Gasteiger partial charge in [-0.15, -0.1) is 0 Å². The Bertz CT molecular complexity index is 635. The van der Waals surface area contributed by atoms with Crippen LogP contribution in [-0.4, -0.2) is 9.55 Å². The van der Waals surface area contributed by atoms with Gasteiger partial charge in [-0.25, -0.2) is 4.98 Å². The predicted octanol–water partition coefficient (Wildman–Crippen LogP) is 5.02. The Balaban J connectivity index is 2.40. The molecule has 3 nitrogen and oxygen atoms in total. The Morgan fingerprint density at radius 3 is 2.67 bits per heavy atom. The molecule has 0 aliphatic heterocycles. The van der Waals surface area contributed by atoms with Crippen LogP contribution in [0.3, 0.4) is 0 Å². The van der Waals surface area contributed by atoms with Gasteiger partial charge in [-0.1, -0.05) is 18.5 Å². The van der Waals surface area contributed by atoms with Crippen LogP contribution in [0, 0.1) is 6.92 Å². The minimum absolute atomic E-state index is 0.0426. The molecule has 114 valence electrons. The molecule has 0 saturated carbocycles. The topological polar surface area (TPSA) is 29.9 Å². The lowest BCUT2D eigenvalue weighted by Gasteiger charge is -2.15. The molecule has 21 heavy (non-hydrogen) atoms. The number of hydrogen-bond acceptors (Lipinski definition) is 2. The lowest BCUT2D eigenvalue weighted by Crippen LogP contribution is -2.11. The zero-order valence-electron chi connectivity index (χ0n) is 11.6. The van der Waals surface area contributed by atoms with E-state index in [1.165, 1.54) is 12.1 Å². The molecular formula is C14H15ClF3N3. The van der Waals surface area contributed by atoms with Crippen molar-refractivity contribution >= 4 is 23.2 Å². The number of hydrogen-bond donors (Lipinski definition) is 1. The summed E-state index contributed by atoms with van der Waals surface area (Å²) in [5.41, 5.74) is -0.123. The monoisotopic (exact) mass is 317 g/mol. The molecule has 7 heteroatoms. The number of alkyl halides is 3. The molecule has 0 amide bonds. The molecule has 0 saturated heterocycles. The van der Waals surface area contributed by atoms with Crippen molar-refractivity contribution in [1.82, 2.24) is 9.55 Å². The van der Waals surface area contributed by atoms with E-state index in [9.17, 15) is 13.2 Å². The molecule has 1 N–H and O–H groups in total. The number of halogens is 4. The van der Waals surface area contributed by atoms with Crippen LogP contribution in [0.4, 0.5) is 24.8 Å². The lowest BCUT2D eigenvalue weighted by atomic mass is 10.1. The highest BCUT2D eigenvalue weighted by atomic mass is 35.5. The summed E-state index contributed by atoms with van der Waals surface area (Å²) in [4.78, 5) is 4.22. The molecule has 0 aliphatic carbocycles. The largest absolute Gasteiger partial charge is 0.418 e. The fourth-order valence-electron chi connectivity index (χ4n) is 2.04. The minimum Gasteiger partial charge on any atom is -0.325 e. The summed E-state index contributed by atoms with van der Waals surface area (Å²) >= 11 is 5.66. The van der Waals surface area contributed by atoms with Gasteiger partial charge in [-0.05, 0) is 31.5 Å². The van der Waals surface area contributed by atoms with Crippen molar-refractivity contribution in [2.75, 3.05) is 5.32 Å². The number of anilines is 2. The van der Waals surface area contributed by atoms with Crippen LogP contribution in [-0.2, 0) is 12.7 Å². The molecule has 1 aromatic carbocycles. The van der Waals surface area contributed by atoms with Crippen molar-refractivity contribution in [3.05, 3.63) is 40.7 Å². The lowest BCUT2D eigenvalue weighted by molar-refractivity contribution is -0.136. The first-order valence-corrected chi connectivity index (χ1v) is 6.86. The van der Waals surface area contributed by atoms with Gasteiger partial charge in [0.05, 0.1) is 16.9 Å². The summed E-state index contributed by atoms with van der Waals surface area (Å²) in [6, 6.07) is 3.63. The molecule has 1 aromatic heterocycles. The van der Waals surface area contributed by atoms with Gasteiger partial charge in [-0.2, -0.15) is 13.2 Å². The zero-order chi connectivity index (χ0) is 15.6. The smallest absolute Gasteiger partial charge is 0.325 e. The number of imidazole rings is 1. The molecule has 2 aromatic rings. The van der Waals surface area contributed by atoms with Crippen LogP contribution in [0.15, 0.2) is 24.4 Å². The third-order valence-electron chi connectivity index (χ3n) is 2.89. The SMILES string of the molecule is CCCn1cc(C)nc1Nc1ccc(Cl)cc1C(F)(F)F. The van der Waals surface area contributed by atoms with Crippen LogP contribution in [0.1, 0.15) is 24.6 Å². The van der Waals surface area contributed by atoms with Gasteiger partial charge >= 0.3 is 6.18 Å². The van der Waals surface area contributed by atoms with Crippen LogP contribution >= 0.6 is 11.6 Å². The zero-order valence-corrected chi connectivity index (χ0v) is 12.4. The average Bonchev–Trinajstić information content (AvgIpc) is 2.71. The van der Waals surface area contributed by atoms with E-state index in [0.717, 1.165) is 18.2 Å². The van der Waals surface area contributed by atoms with E-state index in [1.807, 2.05) is 6.92 Å². The first kappa shape index (κ1) is 15.7. The van der Waals surface area contributed by atoms with Crippen molar-refractivity contribution in [2.24, 2.45) is 0 Å². The first-order valence-electron chi connectivity index (χ1n) is 6.48. The van der Waals surface area contributed by atoms with Gasteiger partial charge < -0.3 is 9.88 Å². The summed E-state index contributed by atoms with van der Waals surface area (Å²) in [6.07, 6.45) is -1.82. The highest BCUT2D eigenvalue weighted by Gasteiger charge is 2.34. The summed E-state index contributed by atoms with van der Waals surface area (Å²) in [5.74, 6) is 0.391. The van der Waals surface area contributed by atoms with E-state index < -0.39 is 11.7 Å². The second-order valence-corrected chi connectivity index (χ2v) is 5.15. The molecule has 0 bridgehead atoms. The summed E-state index contributed by atoms with van der Waals surface area (Å²) in [6.45, 7) is 4.46. The van der Waals surface area contributed by atoms with Crippen LogP contribution < -0.4 is 5.32 Å². The van der Waals surface area contributed by atoms with Crippen molar-refractivity contribution < 1.29 is 13.2 Å². The number of benzene rings is 1. The Labute approximate surface area is 125 Å². The molecule has 0 unspecified atom stereocenters. The molecule has 0 spiro atoms. The number of nitrogens with zero attached hydrogens (tertiary/aromatic N) is 2. The van der Waals surface area contributed by atoms with Gasteiger partial charge in [-0.3, -0.25) is 0 Å². The maximum Gasteiger partial charge on any atom is 0.418 e. The van der Waals surface area contributed by atoms with E-state index >= 15 is 0 Å². The van der Waals surface area contributed by atoms with Gasteiger partial charge in [0, 0.05) is 17.8 Å². The molecule has 0 radical (unpaired) electrons. The number of aromatic nitrogens is 2. The van der Waals surface area contributed by atoms with E-state index in [4.69, 9.17) is 11.6 Å². The molecule has 0 aliphatic rings. The normalized spacial score (nSPS) is 11.7. The van der Waals surface area contributed by atoms with E-state index in [-0.39, 0.29) is 10.7 Å². The third-order valence-corrected chi connectivity index (χ3v) is 3.13. The Kier molecular flexibility index (Phi) is 4.46. The highest BCUT2D eigenvalue weighted by Crippen LogP contribution is 2.37. The van der Waals surface area contributed by atoms with Gasteiger partial charge in [0.25, 0.3) is 0 Å². The van der Waals surface area contributed by atoms with E-state index in [1.54, 1.807) is 17.7 Å². The van der Waals surface area contributed by atoms with Crippen LogP contribution in [0.25, 0.3) is 0 Å². The van der Waals surface area contributed by atoms with Gasteiger partial charge in [0.2, 0.25) is 5.95 Å². The molecular weight excluding hydrogens is 303 g/mol. The fourth-order valence-corrected chi connectivity index (χ4v) is 2.21. The highest BCUT2D eigenvalue weighted by molar-refractivity contribution is 6.30.